The van der Waals surface area contributed by atoms with E-state index in [1.807, 2.05) is 5.57 Å². The van der Waals surface area contributed by atoms with Crippen molar-refractivity contribution in [3.05, 3.63) is 217 Å². The highest BCUT2D eigenvalue weighted by Gasteiger charge is 2.53. The molecular formula is C69H74N6S2. The number of thioether (sulfide) groups is 2. The third kappa shape index (κ3) is 8.06. The second-order valence-electron chi connectivity index (χ2n) is 24.7. The van der Waals surface area contributed by atoms with Gasteiger partial charge in [0, 0.05) is 76.4 Å². The number of hydrogen-bond donors (Lipinski definition) is 2. The molecule has 0 bridgehead atoms. The second-order valence-corrected chi connectivity index (χ2v) is 27.2. The molecule has 2 N–H and O–H groups in total. The predicted molar refractivity (Wildman–Crippen MR) is 321 cm³/mol. The Bertz CT molecular complexity index is 3230. The van der Waals surface area contributed by atoms with Gasteiger partial charge in [0.05, 0.1) is 12.0 Å². The predicted octanol–water partition coefficient (Wildman–Crippen LogP) is 14.5. The molecule has 392 valence electrons. The Morgan fingerprint density at radius 3 is 2.52 bits per heavy atom. The van der Waals surface area contributed by atoms with Gasteiger partial charge in [0.15, 0.2) is 0 Å². The number of nitrogens with one attached hydrogen (secondary N) is 2. The normalized spacial score (nSPS) is 37.4. The van der Waals surface area contributed by atoms with Crippen molar-refractivity contribution in [1.82, 2.24) is 20.4 Å². The molecule has 0 amide bonds. The molecule has 16 rings (SSSR count). The second kappa shape index (κ2) is 19.5. The summed E-state index contributed by atoms with van der Waals surface area (Å²) < 4.78 is 0. The molecule has 6 nitrogen and oxygen atoms in total. The number of allylic oxidation sites excluding steroid dienone is 19. The van der Waals surface area contributed by atoms with Crippen LogP contribution in [0.4, 0.5) is 5.69 Å². The van der Waals surface area contributed by atoms with Gasteiger partial charge >= 0.3 is 0 Å². The van der Waals surface area contributed by atoms with E-state index < -0.39 is 0 Å². The van der Waals surface area contributed by atoms with Crippen LogP contribution in [0, 0.1) is 35.5 Å². The van der Waals surface area contributed by atoms with Crippen LogP contribution < -0.4 is 15.5 Å². The average Bonchev–Trinajstić information content (AvgIpc) is 4.26. The van der Waals surface area contributed by atoms with Crippen molar-refractivity contribution in [2.75, 3.05) is 18.5 Å². The fourth-order valence-electron chi connectivity index (χ4n) is 17.1. The Hall–Kier alpha value is -5.25. The van der Waals surface area contributed by atoms with Gasteiger partial charge in [-0.2, -0.15) is 11.8 Å². The highest BCUT2D eigenvalue weighted by Crippen LogP contribution is 2.61. The lowest BCUT2D eigenvalue weighted by Gasteiger charge is -2.46. The van der Waals surface area contributed by atoms with Crippen molar-refractivity contribution in [1.29, 1.82) is 0 Å². The molecule has 8 heteroatoms. The van der Waals surface area contributed by atoms with Crippen LogP contribution in [0.25, 0.3) is 0 Å². The number of nitrogens with zero attached hydrogens (tertiary/aromatic N) is 4. The van der Waals surface area contributed by atoms with E-state index in [1.54, 1.807) is 32.4 Å². The molecule has 1 saturated heterocycles. The maximum absolute atomic E-state index is 5.87. The van der Waals surface area contributed by atoms with Crippen LogP contribution in [0.15, 0.2) is 222 Å². The Kier molecular flexibility index (Phi) is 12.1. The minimum Gasteiger partial charge on any atom is -0.345 e. The lowest BCUT2D eigenvalue weighted by Crippen LogP contribution is -2.60. The lowest BCUT2D eigenvalue weighted by atomic mass is 9.71. The summed E-state index contributed by atoms with van der Waals surface area (Å²) in [5.74, 6) is 4.36. The minimum absolute atomic E-state index is 0.0743. The molecule has 77 heavy (non-hydrogen) atoms. The number of fused-ring (bicyclic) bond motifs is 9. The SMILES string of the molecule is CN1C(C2C=C(C3=CC4SC5CC6=C(CC5C4CC3)N(C3=CC=CCC3)C3CC=CCC63)CNC2C2C=CC3=C(C2)SC2=CC4=C(CC23)N(c2ccccc2)C2CC=CC=C42)=NC(C2=CCCC=C2)NC1C1=CC=CCC1. The number of anilines is 1. The summed E-state index contributed by atoms with van der Waals surface area (Å²) in [6.07, 6.45) is 64.1. The van der Waals surface area contributed by atoms with E-state index in [2.05, 4.69) is 202 Å². The first-order chi connectivity index (χ1) is 38.1. The molecule has 1 aromatic carbocycles. The van der Waals surface area contributed by atoms with Crippen molar-refractivity contribution in [2.24, 2.45) is 40.5 Å². The van der Waals surface area contributed by atoms with Gasteiger partial charge in [0.2, 0.25) is 0 Å². The van der Waals surface area contributed by atoms with Gasteiger partial charge < -0.3 is 20.0 Å². The van der Waals surface area contributed by atoms with Crippen LogP contribution in [0.5, 0.6) is 0 Å². The molecule has 0 saturated carbocycles. The van der Waals surface area contributed by atoms with Crippen LogP contribution in [-0.2, 0) is 0 Å². The molecule has 15 aliphatic rings. The average molecular weight is 1050 g/mol. The fourth-order valence-corrected chi connectivity index (χ4v) is 20.5. The Morgan fingerprint density at radius 2 is 1.65 bits per heavy atom. The smallest absolute Gasteiger partial charge is 0.129 e. The molecule has 0 radical (unpaired) electrons. The third-order valence-corrected chi connectivity index (χ3v) is 23.7. The minimum atomic E-state index is -0.0743. The number of aliphatic imine (C=N–C) groups is 1. The zero-order chi connectivity index (χ0) is 50.7. The number of amidine groups is 1. The van der Waals surface area contributed by atoms with Crippen LogP contribution in [0.2, 0.25) is 0 Å². The van der Waals surface area contributed by atoms with Gasteiger partial charge in [-0.1, -0.05) is 133 Å². The zero-order valence-electron chi connectivity index (χ0n) is 44.8. The van der Waals surface area contributed by atoms with E-state index in [0.29, 0.717) is 35.1 Å². The number of rotatable bonds is 7. The van der Waals surface area contributed by atoms with E-state index in [0.717, 1.165) is 68.6 Å². The molecule has 1 aromatic rings. The summed E-state index contributed by atoms with van der Waals surface area (Å²) in [5.41, 5.74) is 18.4. The van der Waals surface area contributed by atoms with Crippen LogP contribution in [-0.4, -0.2) is 70.2 Å². The molecule has 6 heterocycles. The van der Waals surface area contributed by atoms with Crippen molar-refractivity contribution < 1.29 is 0 Å². The monoisotopic (exact) mass is 1050 g/mol. The quantitative estimate of drug-likeness (QED) is 0.264. The van der Waals surface area contributed by atoms with Crippen molar-refractivity contribution in [3.63, 3.8) is 0 Å². The third-order valence-electron chi connectivity index (χ3n) is 20.7. The molecule has 13 unspecified atom stereocenters. The molecule has 0 aromatic heterocycles. The van der Waals surface area contributed by atoms with Crippen molar-refractivity contribution in [2.45, 2.75) is 137 Å². The lowest BCUT2D eigenvalue weighted by molar-refractivity contribution is 0.251. The highest BCUT2D eigenvalue weighted by atomic mass is 32.2. The Balaban J connectivity index is 0.713. The maximum Gasteiger partial charge on any atom is 0.129 e. The van der Waals surface area contributed by atoms with Gasteiger partial charge in [-0.3, -0.25) is 5.32 Å². The number of benzene rings is 1. The number of hydrogen-bond acceptors (Lipinski definition) is 8. The molecule has 0 spiro atoms. The van der Waals surface area contributed by atoms with E-state index in [9.17, 15) is 0 Å². The molecule has 6 aliphatic heterocycles. The van der Waals surface area contributed by atoms with Gasteiger partial charge in [-0.15, -0.1) is 0 Å². The van der Waals surface area contributed by atoms with Crippen molar-refractivity contribution in [3.8, 4) is 0 Å². The molecular weight excluding hydrogens is 977 g/mol. The largest absolute Gasteiger partial charge is 0.345 e. The zero-order valence-corrected chi connectivity index (χ0v) is 46.4. The topological polar surface area (TPSA) is 46.1 Å². The first-order valence-corrected chi connectivity index (χ1v) is 31.7. The summed E-state index contributed by atoms with van der Waals surface area (Å²) >= 11 is 4.47. The summed E-state index contributed by atoms with van der Waals surface area (Å²) in [4.78, 5) is 17.1. The first-order valence-electron chi connectivity index (χ1n) is 29.9. The Morgan fingerprint density at radius 1 is 0.753 bits per heavy atom. The molecule has 13 atom stereocenters. The molecule has 9 aliphatic carbocycles. The van der Waals surface area contributed by atoms with Crippen LogP contribution >= 0.6 is 23.5 Å². The van der Waals surface area contributed by atoms with Crippen LogP contribution in [0.1, 0.15) is 96.3 Å². The van der Waals surface area contributed by atoms with Crippen LogP contribution in [0.3, 0.4) is 0 Å². The number of para-hydroxylation sites is 1. The standard InChI is InChI=1S/C69H74N6S2/c1-73-68(43-20-8-3-9-21-43)71-67(42-18-6-2-7-19-42)72-69(73)57-34-46(44-30-32-51-55-37-60-53(39-64(55)76-62(51)35-44)49-26-14-16-28-58(49)74(60)47-22-10-4-11-23-47)41-70-66(57)45-31-33-52-56-38-61-54(40-65(56)77-63(52)36-45)50-27-15-17-29-59(50)75(61)48-24-12-5-13-25-48/h3-6,8,10,12-20,22,24-25,27,31,33-35,40,45,49,51,55-59,62,64,66-68,70-71H,2,7,9,11,21,23,26,28-30,32,36-39,41H2,1H3. The van der Waals surface area contributed by atoms with E-state index >= 15 is 0 Å². The summed E-state index contributed by atoms with van der Waals surface area (Å²) in [6.45, 7) is 0.923. The van der Waals surface area contributed by atoms with Gasteiger partial charge in [0.25, 0.3) is 0 Å². The van der Waals surface area contributed by atoms with E-state index in [-0.39, 0.29) is 24.3 Å². The fraction of sp³-hybridized carbons (Fsp3) is 0.435. The first kappa shape index (κ1) is 47.7. The van der Waals surface area contributed by atoms with Gasteiger partial charge in [-0.25, -0.2) is 4.99 Å². The summed E-state index contributed by atoms with van der Waals surface area (Å²) in [5, 5.41) is 9.79. The van der Waals surface area contributed by atoms with E-state index in [4.69, 9.17) is 4.99 Å². The summed E-state index contributed by atoms with van der Waals surface area (Å²) in [6, 6.07) is 12.4. The van der Waals surface area contributed by atoms with Gasteiger partial charge in [-0.05, 0) is 187 Å². The highest BCUT2D eigenvalue weighted by molar-refractivity contribution is 8.07. The van der Waals surface area contributed by atoms with Gasteiger partial charge in [0.1, 0.15) is 18.2 Å². The Labute approximate surface area is 466 Å². The molecule has 1 fully saturated rings. The summed E-state index contributed by atoms with van der Waals surface area (Å²) in [7, 11) is 2.34. The van der Waals surface area contributed by atoms with E-state index in [1.165, 1.54) is 96.5 Å². The maximum atomic E-state index is 5.87. The number of likely N-dealkylation sites (N-methyl/N-ethyl adjacent to an activating group) is 1. The van der Waals surface area contributed by atoms with Crippen molar-refractivity contribution >= 4 is 35.0 Å².